The van der Waals surface area contributed by atoms with Gasteiger partial charge in [-0.1, -0.05) is 115 Å². The molecule has 0 atom stereocenters. The van der Waals surface area contributed by atoms with Crippen molar-refractivity contribution in [2.75, 3.05) is 53.9 Å². The van der Waals surface area contributed by atoms with Crippen LogP contribution in [0.1, 0.15) is 185 Å². The number of imidazole rings is 1. The SMILES string of the molecule is COC(=O)c1cc2n(n1)CCCC21OCCO1.COC(=O)c1cc2n(n1)CCCC2=O.FCc1cc2n(n1)CCCC21OCCO1.O=C1/C(=C/c2ccccc2-c2cn(C(c3ccccc3)(c3ccccc3)c3ccccc3)cn2)CCn2nc(CF)cc21.O=C1CCCn2nc(CF)cc21.OCc1cc2n(n1)CCCC21OCCO1. The summed E-state index contributed by atoms with van der Waals surface area (Å²) in [5.41, 5.74) is 12.4. The third-order valence-corrected chi connectivity index (χ3v) is 21.7. The Balaban J connectivity index is 0.000000120. The van der Waals surface area contributed by atoms with Gasteiger partial charge in [0.05, 0.1) is 112 Å². The van der Waals surface area contributed by atoms with E-state index in [0.717, 1.165) is 128 Å². The van der Waals surface area contributed by atoms with Crippen molar-refractivity contribution in [3.05, 3.63) is 260 Å². The van der Waals surface area contributed by atoms with Crippen molar-refractivity contribution >= 4 is 35.4 Å². The standard InChI is InChI=1S/C37H29FN4O.C11H14N2O4.C10H13FN2O2.C10H14N2O3.C9H10N2O3.C8H9FN2O/c38-24-32-23-35-36(43)28(20-21-42(35)40-32)22-27-12-10-11-19-33(27)34-25-41(26-39-34)37(29-13-4-1-5-14-29,30-15-6-2-7-16-30)31-17-8-3-9-18-31;1-15-10(14)8-7-9-11(16-5-6-17-11)3-2-4-13(9)12-8;11-7-8-6-9-10(14-4-5-15-10)2-1-3-13(9)12-8;13-7-8-6-9-10(14-4-5-15-10)2-1-3-12(9)11-8;1-14-9(13)6-5-7-8(12)3-2-4-11(7)10-6;9-5-6-4-7-8(12)2-1-3-11(7)10-6/h1-19,22-23,25-26H,20-21,24H2;7H,2-6H2,1H3;6H,1-5,7H2;6,13H,1-5,7H2;5H,2-4H2,1H3;4H,1-3,5H2/b28-22+;;;;;. The molecular formula is C85H89F3N14O14. The van der Waals surface area contributed by atoms with Crippen LogP contribution in [0.3, 0.4) is 0 Å². The number of rotatable bonds is 12. The number of carbonyl (C=O) groups is 5. The Labute approximate surface area is 665 Å². The van der Waals surface area contributed by atoms with Gasteiger partial charge in [-0.3, -0.25) is 42.5 Å². The summed E-state index contributed by atoms with van der Waals surface area (Å²) in [4.78, 5) is 63.5. The van der Waals surface area contributed by atoms with Gasteiger partial charge in [-0.15, -0.1) is 0 Å². The zero-order valence-electron chi connectivity index (χ0n) is 64.4. The van der Waals surface area contributed by atoms with Crippen LogP contribution in [0.4, 0.5) is 13.2 Å². The maximum atomic E-state index is 13.3. The van der Waals surface area contributed by atoms with E-state index in [1.165, 1.54) is 20.3 Å². The van der Waals surface area contributed by atoms with Crippen LogP contribution in [0.5, 0.6) is 0 Å². The minimum atomic E-state index is -0.697. The summed E-state index contributed by atoms with van der Waals surface area (Å²) < 4.78 is 93.7. The molecule has 9 aliphatic rings. The maximum Gasteiger partial charge on any atom is 0.358 e. The summed E-state index contributed by atoms with van der Waals surface area (Å²) in [5, 5.41) is 33.9. The highest BCUT2D eigenvalue weighted by atomic mass is 19.1. The fraction of sp³-hybridized carbons (Fsp3) is 0.388. The molecule has 28 nitrogen and oxygen atoms in total. The largest absolute Gasteiger partial charge is 0.464 e. The first kappa shape index (κ1) is 79.8. The number of ether oxygens (including phenoxy) is 8. The third kappa shape index (κ3) is 16.2. The van der Waals surface area contributed by atoms with Crippen molar-refractivity contribution in [3.63, 3.8) is 0 Å². The quantitative estimate of drug-likeness (QED) is 0.0675. The number of hydrogen-bond donors (Lipinski definition) is 1. The van der Waals surface area contributed by atoms with Crippen molar-refractivity contribution in [2.45, 2.75) is 159 Å². The number of aromatic nitrogens is 14. The van der Waals surface area contributed by atoms with Crippen molar-refractivity contribution in [3.8, 4) is 11.3 Å². The van der Waals surface area contributed by atoms with E-state index in [9.17, 15) is 37.1 Å². The second-order valence-electron chi connectivity index (χ2n) is 28.8. The van der Waals surface area contributed by atoms with Gasteiger partial charge in [0.2, 0.25) is 23.1 Å². The number of fused-ring (bicyclic) bond motifs is 9. The summed E-state index contributed by atoms with van der Waals surface area (Å²) in [7, 11) is 2.64. The number of halogens is 3. The summed E-state index contributed by atoms with van der Waals surface area (Å²) >= 11 is 0. The van der Waals surface area contributed by atoms with E-state index in [1.54, 1.807) is 43.0 Å². The third-order valence-electron chi connectivity index (χ3n) is 21.7. The smallest absolute Gasteiger partial charge is 0.358 e. The highest BCUT2D eigenvalue weighted by Crippen LogP contribution is 2.45. The van der Waals surface area contributed by atoms with Gasteiger partial charge in [0.25, 0.3) is 0 Å². The molecule has 11 aromatic rings. The van der Waals surface area contributed by atoms with Crippen LogP contribution in [-0.4, -0.2) is 156 Å². The number of alkyl halides is 3. The first-order valence-electron chi connectivity index (χ1n) is 39.0. The van der Waals surface area contributed by atoms with Gasteiger partial charge in [-0.25, -0.2) is 27.7 Å². The Morgan fingerprint density at radius 2 is 0.862 bits per heavy atom. The molecule has 31 heteroatoms. The lowest BCUT2D eigenvalue weighted by Gasteiger charge is -2.37. The molecule has 116 heavy (non-hydrogen) atoms. The van der Waals surface area contributed by atoms with E-state index in [1.807, 2.05) is 70.3 Å². The maximum absolute atomic E-state index is 13.3. The van der Waals surface area contributed by atoms with Crippen LogP contribution in [0.15, 0.2) is 170 Å². The Bertz CT molecular complexity index is 5170. The van der Waals surface area contributed by atoms with Gasteiger partial charge in [0, 0.05) is 94.8 Å². The monoisotopic (exact) mass is 1590 g/mol. The molecule has 16 heterocycles. The molecule has 3 saturated heterocycles. The van der Waals surface area contributed by atoms with Crippen LogP contribution in [0.25, 0.3) is 17.3 Å². The topological polar surface area (TPSA) is 304 Å². The minimum Gasteiger partial charge on any atom is -0.464 e. The second-order valence-corrected chi connectivity index (χ2v) is 28.8. The second kappa shape index (κ2) is 35.3. The number of allylic oxidation sites excluding steroid dienone is 1. The molecule has 20 rings (SSSR count). The number of aliphatic hydroxyl groups is 1. The van der Waals surface area contributed by atoms with Gasteiger partial charge in [0.15, 0.2) is 23.0 Å². The Morgan fingerprint density at radius 3 is 1.34 bits per heavy atom. The number of methoxy groups -OCH3 is 2. The molecule has 4 aromatic carbocycles. The molecule has 7 aromatic heterocycles. The molecule has 0 aliphatic carbocycles. The van der Waals surface area contributed by atoms with Crippen LogP contribution < -0.4 is 0 Å². The van der Waals surface area contributed by atoms with E-state index >= 15 is 0 Å². The predicted molar refractivity (Wildman–Crippen MR) is 411 cm³/mol. The van der Waals surface area contributed by atoms with Crippen molar-refractivity contribution in [2.24, 2.45) is 0 Å². The lowest BCUT2D eigenvalue weighted by Crippen LogP contribution is -2.36. The molecule has 0 amide bonds. The Hall–Kier alpha value is -11.4. The van der Waals surface area contributed by atoms with Gasteiger partial charge in [0.1, 0.15) is 42.6 Å². The van der Waals surface area contributed by atoms with Crippen LogP contribution in [-0.2, 0) is 127 Å². The number of nitrogens with zero attached hydrogens (tertiary/aromatic N) is 14. The molecular weight excluding hydrogens is 1500 g/mol. The summed E-state index contributed by atoms with van der Waals surface area (Å²) in [6, 6.07) is 49.4. The molecule has 3 spiro atoms. The van der Waals surface area contributed by atoms with Crippen molar-refractivity contribution < 1.29 is 80.1 Å². The lowest BCUT2D eigenvalue weighted by molar-refractivity contribution is -0.184. The molecule has 1 N–H and O–H groups in total. The average molecular weight is 1590 g/mol. The van der Waals surface area contributed by atoms with E-state index in [-0.39, 0.29) is 35.3 Å². The van der Waals surface area contributed by atoms with E-state index in [2.05, 4.69) is 124 Å². The van der Waals surface area contributed by atoms with E-state index in [4.69, 9.17) is 38.5 Å². The lowest BCUT2D eigenvalue weighted by atomic mass is 9.77. The number of Topliss-reactive ketones (excluding diaryl/α,β-unsaturated/α-hetero) is 3. The van der Waals surface area contributed by atoms with E-state index in [0.29, 0.717) is 117 Å². The van der Waals surface area contributed by atoms with Crippen LogP contribution >= 0.6 is 0 Å². The number of carbonyl (C=O) groups excluding carboxylic acids is 5. The van der Waals surface area contributed by atoms with Gasteiger partial charge < -0.3 is 47.6 Å². The number of ketones is 3. The fourth-order valence-electron chi connectivity index (χ4n) is 16.3. The molecule has 0 unspecified atom stereocenters. The number of aryl methyl sites for hydroxylation is 6. The molecule has 3 fully saturated rings. The predicted octanol–water partition coefficient (Wildman–Crippen LogP) is 12.1. The zero-order chi connectivity index (χ0) is 80.4. The van der Waals surface area contributed by atoms with Gasteiger partial charge in [-0.2, -0.15) is 30.6 Å². The van der Waals surface area contributed by atoms with Gasteiger partial charge >= 0.3 is 11.9 Å². The van der Waals surface area contributed by atoms with Gasteiger partial charge in [-0.05, 0) is 97.2 Å². The fourth-order valence-corrected chi connectivity index (χ4v) is 16.3. The van der Waals surface area contributed by atoms with Crippen LogP contribution in [0.2, 0.25) is 0 Å². The number of esters is 2. The summed E-state index contributed by atoms with van der Waals surface area (Å²) in [5.74, 6) is -2.85. The average Bonchev–Trinajstić information content (AvgIpc) is 1.21. The summed E-state index contributed by atoms with van der Waals surface area (Å²) in [6.45, 7) is 6.27. The molecule has 0 radical (unpaired) electrons. The first-order valence-corrected chi connectivity index (χ1v) is 39.0. The molecule has 0 bridgehead atoms. The minimum absolute atomic E-state index is 0.0317. The zero-order valence-corrected chi connectivity index (χ0v) is 64.4. The number of benzene rings is 4. The van der Waals surface area contributed by atoms with Crippen LogP contribution in [0, 0.1) is 0 Å². The number of aliphatic hydroxyl groups excluding tert-OH is 1. The highest BCUT2D eigenvalue weighted by Gasteiger charge is 2.47. The molecule has 0 saturated carbocycles. The number of hydrogen-bond acceptors (Lipinski definition) is 21. The van der Waals surface area contributed by atoms with Crippen molar-refractivity contribution in [1.82, 2.24) is 68.2 Å². The van der Waals surface area contributed by atoms with E-state index < -0.39 is 54.9 Å². The highest BCUT2D eigenvalue weighted by molar-refractivity contribution is 6.11. The first-order chi connectivity index (χ1) is 56.6. The Kier molecular flexibility index (Phi) is 24.3. The molecule has 9 aliphatic heterocycles. The normalized spacial score (nSPS) is 17.9. The van der Waals surface area contributed by atoms with Crippen molar-refractivity contribution in [1.29, 1.82) is 0 Å². The summed E-state index contributed by atoms with van der Waals surface area (Å²) in [6.07, 6.45) is 14.6. The Morgan fingerprint density at radius 1 is 0.466 bits per heavy atom. The molecule has 604 valence electrons.